The van der Waals surface area contributed by atoms with Gasteiger partial charge in [0.05, 0.1) is 38.5 Å². The number of hydrogen-bond donors (Lipinski definition) is 1. The van der Waals surface area contributed by atoms with E-state index in [1.165, 1.54) is 12.0 Å². The zero-order valence-electron chi connectivity index (χ0n) is 22.4. The highest BCUT2D eigenvalue weighted by molar-refractivity contribution is 6.46. The van der Waals surface area contributed by atoms with Gasteiger partial charge in [0, 0.05) is 19.2 Å². The van der Waals surface area contributed by atoms with Crippen molar-refractivity contribution in [1.29, 1.82) is 0 Å². The second-order valence-corrected chi connectivity index (χ2v) is 9.83. The number of aliphatic hydroxyl groups is 1. The lowest BCUT2D eigenvalue weighted by Crippen LogP contribution is -2.32. The van der Waals surface area contributed by atoms with Gasteiger partial charge in [-0.15, -0.1) is 0 Å². The lowest BCUT2D eigenvalue weighted by molar-refractivity contribution is -0.140. The van der Waals surface area contributed by atoms with Gasteiger partial charge in [-0.2, -0.15) is 0 Å². The summed E-state index contributed by atoms with van der Waals surface area (Å²) in [5.74, 6) is 0.653. The molecule has 1 unspecified atom stereocenters. The van der Waals surface area contributed by atoms with Crippen molar-refractivity contribution < 1.29 is 33.6 Å². The first kappa shape index (κ1) is 28.1. The minimum absolute atomic E-state index is 0.0110. The largest absolute Gasteiger partial charge is 0.507 e. The van der Waals surface area contributed by atoms with Crippen LogP contribution >= 0.6 is 0 Å². The number of amides is 1. The maximum absolute atomic E-state index is 13.2. The molecule has 1 amide bonds. The van der Waals surface area contributed by atoms with Crippen LogP contribution in [-0.2, 0) is 14.3 Å². The molecule has 0 bridgehead atoms. The smallest absolute Gasteiger partial charge is 0.295 e. The van der Waals surface area contributed by atoms with Crippen molar-refractivity contribution in [2.24, 2.45) is 11.8 Å². The van der Waals surface area contributed by atoms with E-state index in [4.69, 9.17) is 18.9 Å². The van der Waals surface area contributed by atoms with Crippen LogP contribution in [-0.4, -0.2) is 62.3 Å². The fraction of sp³-hybridized carbons (Fsp3) is 0.448. The van der Waals surface area contributed by atoms with Gasteiger partial charge >= 0.3 is 0 Å². The maximum Gasteiger partial charge on any atom is 0.295 e. The first-order chi connectivity index (χ1) is 17.7. The normalized spacial score (nSPS) is 17.1. The summed E-state index contributed by atoms with van der Waals surface area (Å²) in [5.41, 5.74) is 1.04. The van der Waals surface area contributed by atoms with E-state index >= 15 is 0 Å². The van der Waals surface area contributed by atoms with Gasteiger partial charge in [-0.1, -0.05) is 33.8 Å². The summed E-state index contributed by atoms with van der Waals surface area (Å²) in [5, 5.41) is 11.3. The molecular weight excluding hydrogens is 474 g/mol. The van der Waals surface area contributed by atoms with Crippen LogP contribution in [0.1, 0.15) is 44.9 Å². The molecule has 2 aromatic rings. The van der Waals surface area contributed by atoms with Crippen LogP contribution < -0.4 is 14.2 Å². The van der Waals surface area contributed by atoms with Crippen LogP contribution in [0.5, 0.6) is 17.2 Å². The number of carbonyl (C=O) groups is 2. The van der Waals surface area contributed by atoms with E-state index in [0.717, 1.165) is 0 Å². The molecule has 1 heterocycles. The van der Waals surface area contributed by atoms with E-state index < -0.39 is 17.7 Å². The van der Waals surface area contributed by atoms with Crippen molar-refractivity contribution in [3.8, 4) is 17.2 Å². The van der Waals surface area contributed by atoms with E-state index in [1.54, 1.807) is 49.6 Å². The van der Waals surface area contributed by atoms with Crippen molar-refractivity contribution in [3.63, 3.8) is 0 Å². The Labute approximate surface area is 218 Å². The lowest BCUT2D eigenvalue weighted by Gasteiger charge is -2.26. The van der Waals surface area contributed by atoms with Gasteiger partial charge < -0.3 is 29.0 Å². The summed E-state index contributed by atoms with van der Waals surface area (Å²) >= 11 is 0. The van der Waals surface area contributed by atoms with E-state index in [2.05, 4.69) is 13.8 Å². The molecular formula is C29H37NO7. The number of ether oxygens (including phenoxy) is 4. The van der Waals surface area contributed by atoms with Crippen LogP contribution in [0.25, 0.3) is 5.76 Å². The van der Waals surface area contributed by atoms with Crippen LogP contribution in [0, 0.1) is 11.8 Å². The summed E-state index contributed by atoms with van der Waals surface area (Å²) in [6.45, 7) is 9.63. The van der Waals surface area contributed by atoms with Crippen LogP contribution in [0.3, 0.4) is 0 Å². The van der Waals surface area contributed by atoms with Gasteiger partial charge in [-0.05, 0) is 53.8 Å². The fourth-order valence-electron chi connectivity index (χ4n) is 4.01. The molecule has 1 aliphatic rings. The summed E-state index contributed by atoms with van der Waals surface area (Å²) in [6, 6.07) is 11.3. The predicted octanol–water partition coefficient (Wildman–Crippen LogP) is 4.83. The molecule has 200 valence electrons. The third kappa shape index (κ3) is 6.63. The minimum Gasteiger partial charge on any atom is -0.507 e. The minimum atomic E-state index is -0.820. The van der Waals surface area contributed by atoms with Gasteiger partial charge in [0.15, 0.2) is 11.5 Å². The Morgan fingerprint density at radius 1 is 0.919 bits per heavy atom. The molecule has 0 radical (unpaired) electrons. The van der Waals surface area contributed by atoms with Crippen molar-refractivity contribution >= 4 is 17.4 Å². The number of hydrogen-bond acceptors (Lipinski definition) is 7. The molecule has 1 fully saturated rings. The van der Waals surface area contributed by atoms with Gasteiger partial charge in [-0.3, -0.25) is 9.59 Å². The second kappa shape index (κ2) is 12.6. The average Bonchev–Trinajstić information content (AvgIpc) is 3.14. The van der Waals surface area contributed by atoms with Crippen molar-refractivity contribution in [1.82, 2.24) is 4.90 Å². The quantitative estimate of drug-likeness (QED) is 0.248. The monoisotopic (exact) mass is 511 g/mol. The van der Waals surface area contributed by atoms with E-state index in [-0.39, 0.29) is 30.4 Å². The number of likely N-dealkylation sites (tertiary alicyclic amines) is 1. The highest BCUT2D eigenvalue weighted by Gasteiger charge is 2.46. The summed E-state index contributed by atoms with van der Waals surface area (Å²) in [4.78, 5) is 27.7. The fourth-order valence-corrected chi connectivity index (χ4v) is 4.01. The molecule has 1 aliphatic heterocycles. The predicted molar refractivity (Wildman–Crippen MR) is 141 cm³/mol. The number of Topliss-reactive ketones (excluding diaryl/α,β-unsaturated/α-hetero) is 1. The zero-order chi connectivity index (χ0) is 27.1. The Morgan fingerprint density at radius 2 is 1.57 bits per heavy atom. The molecule has 1 atom stereocenters. The van der Waals surface area contributed by atoms with Crippen molar-refractivity contribution in [3.05, 3.63) is 59.2 Å². The standard InChI is InChI=1S/C29H37NO7/c1-18(2)16-36-22-10-7-20(8-11-22)27(31)25-26(30(13-14-34-5)29(33)28(25)32)21-9-12-23(35-6)24(15-21)37-17-19(3)4/h7-12,15,18-19,26,31H,13-14,16-17H2,1-6H3/b27-25-. The average molecular weight is 512 g/mol. The summed E-state index contributed by atoms with van der Waals surface area (Å²) < 4.78 is 22.3. The Hall–Kier alpha value is -3.52. The molecule has 8 nitrogen and oxygen atoms in total. The molecule has 1 N–H and O–H groups in total. The van der Waals surface area contributed by atoms with E-state index in [9.17, 15) is 14.7 Å². The Bertz CT molecular complexity index is 1120. The van der Waals surface area contributed by atoms with Gasteiger partial charge in [0.1, 0.15) is 11.5 Å². The first-order valence-electron chi connectivity index (χ1n) is 12.5. The zero-order valence-corrected chi connectivity index (χ0v) is 22.4. The lowest BCUT2D eigenvalue weighted by atomic mass is 9.95. The summed E-state index contributed by atoms with van der Waals surface area (Å²) in [6.07, 6.45) is 0. The number of nitrogens with zero attached hydrogens (tertiary/aromatic N) is 1. The Kier molecular flexibility index (Phi) is 9.58. The van der Waals surface area contributed by atoms with Gasteiger partial charge in [0.25, 0.3) is 11.7 Å². The summed E-state index contributed by atoms with van der Waals surface area (Å²) in [7, 11) is 3.08. The third-order valence-corrected chi connectivity index (χ3v) is 5.86. The topological polar surface area (TPSA) is 94.5 Å². The molecule has 8 heteroatoms. The van der Waals surface area contributed by atoms with Crippen molar-refractivity contribution in [2.45, 2.75) is 33.7 Å². The number of benzene rings is 2. The number of methoxy groups -OCH3 is 2. The van der Waals surface area contributed by atoms with E-state index in [0.29, 0.717) is 47.5 Å². The number of aliphatic hydroxyl groups excluding tert-OH is 1. The van der Waals surface area contributed by atoms with Crippen LogP contribution in [0.4, 0.5) is 0 Å². The first-order valence-corrected chi connectivity index (χ1v) is 12.5. The van der Waals surface area contributed by atoms with Crippen LogP contribution in [0.2, 0.25) is 0 Å². The van der Waals surface area contributed by atoms with Crippen molar-refractivity contribution in [2.75, 3.05) is 40.6 Å². The third-order valence-electron chi connectivity index (χ3n) is 5.86. The molecule has 2 aromatic carbocycles. The number of rotatable bonds is 12. The molecule has 37 heavy (non-hydrogen) atoms. The van der Waals surface area contributed by atoms with E-state index in [1.807, 2.05) is 13.8 Å². The van der Waals surface area contributed by atoms with Gasteiger partial charge in [-0.25, -0.2) is 0 Å². The maximum atomic E-state index is 13.2. The molecule has 0 saturated carbocycles. The molecule has 0 spiro atoms. The molecule has 0 aliphatic carbocycles. The molecule has 1 saturated heterocycles. The highest BCUT2D eigenvalue weighted by Crippen LogP contribution is 2.42. The SMILES string of the molecule is COCCN1C(=O)C(=O)/C(=C(\O)c2ccc(OCC(C)C)cc2)C1c1ccc(OC)c(OCC(C)C)c1. The number of carbonyl (C=O) groups excluding carboxylic acids is 2. The van der Waals surface area contributed by atoms with Gasteiger partial charge in [0.2, 0.25) is 0 Å². The Morgan fingerprint density at radius 3 is 2.16 bits per heavy atom. The molecule has 0 aromatic heterocycles. The highest BCUT2D eigenvalue weighted by atomic mass is 16.5. The Balaban J connectivity index is 2.07. The second-order valence-electron chi connectivity index (χ2n) is 9.83. The van der Waals surface area contributed by atoms with Crippen LogP contribution in [0.15, 0.2) is 48.0 Å². The molecule has 3 rings (SSSR count). The number of ketones is 1.